The Morgan fingerprint density at radius 3 is 2.32 bits per heavy atom. The summed E-state index contributed by atoms with van der Waals surface area (Å²) in [5.74, 6) is 0.850. The van der Waals surface area contributed by atoms with E-state index in [9.17, 15) is 8.42 Å². The van der Waals surface area contributed by atoms with E-state index in [4.69, 9.17) is 9.47 Å². The lowest BCUT2D eigenvalue weighted by Crippen LogP contribution is -2.15. The maximum atomic E-state index is 12.3. The van der Waals surface area contributed by atoms with Crippen molar-refractivity contribution in [3.8, 4) is 11.5 Å². The SMILES string of the molecule is COc1ccc(OC)c(NS(=O)(=O)Cc2ccc(Br)cc2)c1. The molecule has 0 atom stereocenters. The second kappa shape index (κ2) is 7.02. The molecule has 0 unspecified atom stereocenters. The monoisotopic (exact) mass is 385 g/mol. The maximum Gasteiger partial charge on any atom is 0.237 e. The van der Waals surface area contributed by atoms with Crippen LogP contribution in [0.5, 0.6) is 11.5 Å². The first-order chi connectivity index (χ1) is 10.4. The molecule has 0 amide bonds. The molecule has 2 aromatic carbocycles. The van der Waals surface area contributed by atoms with Crippen molar-refractivity contribution in [2.45, 2.75) is 5.75 Å². The number of sulfonamides is 1. The first kappa shape index (κ1) is 16.6. The highest BCUT2D eigenvalue weighted by atomic mass is 79.9. The van der Waals surface area contributed by atoms with Gasteiger partial charge in [-0.25, -0.2) is 8.42 Å². The third-order valence-corrected chi connectivity index (χ3v) is 4.72. The Balaban J connectivity index is 2.22. The fourth-order valence-corrected chi connectivity index (χ4v) is 3.36. The van der Waals surface area contributed by atoms with E-state index in [2.05, 4.69) is 20.7 Å². The van der Waals surface area contributed by atoms with Gasteiger partial charge in [-0.1, -0.05) is 28.1 Å². The summed E-state index contributed by atoms with van der Waals surface area (Å²) in [5.41, 5.74) is 1.04. The molecule has 0 aliphatic rings. The maximum absolute atomic E-state index is 12.3. The van der Waals surface area contributed by atoms with Crippen LogP contribution in [0, 0.1) is 0 Å². The highest BCUT2D eigenvalue weighted by Gasteiger charge is 2.15. The number of benzene rings is 2. The third-order valence-electron chi connectivity index (χ3n) is 2.94. The lowest BCUT2D eigenvalue weighted by molar-refractivity contribution is 0.405. The van der Waals surface area contributed by atoms with Gasteiger partial charge in [0.1, 0.15) is 11.5 Å². The number of anilines is 1. The zero-order valence-corrected chi connectivity index (χ0v) is 14.6. The minimum Gasteiger partial charge on any atom is -0.497 e. The van der Waals surface area contributed by atoms with Crippen LogP contribution in [0.25, 0.3) is 0 Å². The minimum absolute atomic E-state index is 0.124. The summed E-state index contributed by atoms with van der Waals surface area (Å²) in [5, 5.41) is 0. The molecule has 118 valence electrons. The van der Waals surface area contributed by atoms with Gasteiger partial charge in [0.2, 0.25) is 10.0 Å². The van der Waals surface area contributed by atoms with Crippen molar-refractivity contribution in [3.63, 3.8) is 0 Å². The Hall–Kier alpha value is -1.73. The van der Waals surface area contributed by atoms with E-state index >= 15 is 0 Å². The molecule has 0 aromatic heterocycles. The zero-order chi connectivity index (χ0) is 16.2. The average Bonchev–Trinajstić information content (AvgIpc) is 2.49. The summed E-state index contributed by atoms with van der Waals surface area (Å²) in [6.07, 6.45) is 0. The number of hydrogen-bond donors (Lipinski definition) is 1. The van der Waals surface area contributed by atoms with Gasteiger partial charge in [-0.05, 0) is 29.8 Å². The van der Waals surface area contributed by atoms with Gasteiger partial charge in [0.05, 0.1) is 25.7 Å². The van der Waals surface area contributed by atoms with E-state index in [1.54, 1.807) is 42.5 Å². The number of hydrogen-bond acceptors (Lipinski definition) is 4. The first-order valence-corrected chi connectivity index (χ1v) is 8.85. The molecular formula is C15H16BrNO4S. The van der Waals surface area contributed by atoms with E-state index in [0.717, 1.165) is 4.47 Å². The largest absolute Gasteiger partial charge is 0.497 e. The Bertz CT molecular complexity index is 745. The molecule has 0 fully saturated rings. The van der Waals surface area contributed by atoms with Crippen molar-refractivity contribution in [1.82, 2.24) is 0 Å². The van der Waals surface area contributed by atoms with Crippen LogP contribution in [0.1, 0.15) is 5.56 Å². The minimum atomic E-state index is -3.56. The topological polar surface area (TPSA) is 64.6 Å². The predicted molar refractivity (Wildman–Crippen MR) is 89.9 cm³/mol. The zero-order valence-electron chi connectivity index (χ0n) is 12.2. The summed E-state index contributed by atoms with van der Waals surface area (Å²) in [7, 11) is -0.563. The molecule has 2 rings (SSSR count). The van der Waals surface area contributed by atoms with E-state index in [1.807, 2.05) is 0 Å². The van der Waals surface area contributed by atoms with E-state index in [0.29, 0.717) is 22.7 Å². The average molecular weight is 386 g/mol. The van der Waals surface area contributed by atoms with Crippen LogP contribution in [0.4, 0.5) is 5.69 Å². The number of halogens is 1. The van der Waals surface area contributed by atoms with Gasteiger partial charge in [-0.15, -0.1) is 0 Å². The van der Waals surface area contributed by atoms with Gasteiger partial charge < -0.3 is 9.47 Å². The quantitative estimate of drug-likeness (QED) is 0.827. The van der Waals surface area contributed by atoms with Gasteiger partial charge in [0.25, 0.3) is 0 Å². The van der Waals surface area contributed by atoms with Gasteiger partial charge in [-0.2, -0.15) is 0 Å². The van der Waals surface area contributed by atoms with Crippen LogP contribution in [-0.4, -0.2) is 22.6 Å². The second-order valence-corrected chi connectivity index (χ2v) is 7.19. The first-order valence-electron chi connectivity index (χ1n) is 6.40. The molecule has 0 bridgehead atoms. The fraction of sp³-hybridized carbons (Fsp3) is 0.200. The standard InChI is InChI=1S/C15H16BrNO4S/c1-20-13-7-8-15(21-2)14(9-13)17-22(18,19)10-11-3-5-12(16)6-4-11/h3-9,17H,10H2,1-2H3. The van der Waals surface area contributed by atoms with Crippen molar-refractivity contribution in [2.24, 2.45) is 0 Å². The Kier molecular flexibility index (Phi) is 5.31. The van der Waals surface area contributed by atoms with Crippen LogP contribution >= 0.6 is 15.9 Å². The molecule has 0 heterocycles. The Morgan fingerprint density at radius 2 is 1.73 bits per heavy atom. The summed E-state index contributed by atoms with van der Waals surface area (Å²) < 4.78 is 38.3. The van der Waals surface area contributed by atoms with E-state index in [1.165, 1.54) is 14.2 Å². The van der Waals surface area contributed by atoms with Crippen LogP contribution in [0.15, 0.2) is 46.9 Å². The smallest absolute Gasteiger partial charge is 0.237 e. The second-order valence-electron chi connectivity index (χ2n) is 4.55. The van der Waals surface area contributed by atoms with E-state index in [-0.39, 0.29) is 5.75 Å². The highest BCUT2D eigenvalue weighted by molar-refractivity contribution is 9.10. The molecular weight excluding hydrogens is 370 g/mol. The van der Waals surface area contributed by atoms with Gasteiger partial charge in [0.15, 0.2) is 0 Å². The van der Waals surface area contributed by atoms with Gasteiger partial charge in [-0.3, -0.25) is 4.72 Å². The van der Waals surface area contributed by atoms with Crippen LogP contribution in [-0.2, 0) is 15.8 Å². The van der Waals surface area contributed by atoms with Gasteiger partial charge in [0, 0.05) is 10.5 Å². The normalized spacial score (nSPS) is 11.0. The number of methoxy groups -OCH3 is 2. The lowest BCUT2D eigenvalue weighted by Gasteiger charge is -2.13. The third kappa shape index (κ3) is 4.38. The Morgan fingerprint density at radius 1 is 1.05 bits per heavy atom. The van der Waals surface area contributed by atoms with Crippen LogP contribution in [0.3, 0.4) is 0 Å². The molecule has 22 heavy (non-hydrogen) atoms. The summed E-state index contributed by atoms with van der Waals surface area (Å²) in [6, 6.07) is 12.0. The molecule has 7 heteroatoms. The number of ether oxygens (including phenoxy) is 2. The van der Waals surface area contributed by atoms with Crippen molar-refractivity contribution in [3.05, 3.63) is 52.5 Å². The molecule has 0 saturated heterocycles. The highest BCUT2D eigenvalue weighted by Crippen LogP contribution is 2.30. The van der Waals surface area contributed by atoms with Crippen LogP contribution < -0.4 is 14.2 Å². The molecule has 0 radical (unpaired) electrons. The molecule has 1 N–H and O–H groups in total. The van der Waals surface area contributed by atoms with Crippen molar-refractivity contribution in [2.75, 3.05) is 18.9 Å². The lowest BCUT2D eigenvalue weighted by atomic mass is 10.2. The number of nitrogens with one attached hydrogen (secondary N) is 1. The summed E-state index contributed by atoms with van der Waals surface area (Å²) >= 11 is 3.32. The van der Waals surface area contributed by atoms with E-state index < -0.39 is 10.0 Å². The molecule has 0 aliphatic heterocycles. The molecule has 2 aromatic rings. The summed E-state index contributed by atoms with van der Waals surface area (Å²) in [6.45, 7) is 0. The van der Waals surface area contributed by atoms with Crippen LogP contribution in [0.2, 0.25) is 0 Å². The summed E-state index contributed by atoms with van der Waals surface area (Å²) in [4.78, 5) is 0. The predicted octanol–water partition coefficient (Wildman–Crippen LogP) is 3.41. The van der Waals surface area contributed by atoms with Crippen molar-refractivity contribution >= 4 is 31.6 Å². The molecule has 0 spiro atoms. The van der Waals surface area contributed by atoms with Crippen molar-refractivity contribution in [1.29, 1.82) is 0 Å². The molecule has 0 saturated carbocycles. The Labute approximate surface area is 138 Å². The van der Waals surface area contributed by atoms with Gasteiger partial charge >= 0.3 is 0 Å². The molecule has 0 aliphatic carbocycles. The van der Waals surface area contributed by atoms with Crippen molar-refractivity contribution < 1.29 is 17.9 Å². The molecule has 5 nitrogen and oxygen atoms in total. The fourth-order valence-electron chi connectivity index (χ4n) is 1.90. The number of rotatable bonds is 6.